The monoisotopic (exact) mass is 934 g/mol. The molecule has 20 heteroatoms. The summed E-state index contributed by atoms with van der Waals surface area (Å²) in [6.45, 7) is 28.1. The van der Waals surface area contributed by atoms with Crippen LogP contribution in [0.3, 0.4) is 0 Å². The van der Waals surface area contributed by atoms with Gasteiger partial charge in [-0.15, -0.1) is 5.26 Å². The number of carbonyl (C=O) groups excluding carboxylic acids is 1. The maximum absolute atomic E-state index is 14.1. The second kappa shape index (κ2) is 24.4. The quantitative estimate of drug-likeness (QED) is 0.0864. The molecule has 4 rings (SSSR count). The highest BCUT2D eigenvalue weighted by Gasteiger charge is 2.25. The lowest BCUT2D eigenvalue weighted by Crippen LogP contribution is -2.35. The topological polar surface area (TPSA) is 211 Å². The molecule has 0 aliphatic rings. The minimum atomic E-state index is -4.19. The molecule has 64 heavy (non-hydrogen) atoms. The van der Waals surface area contributed by atoms with Crippen molar-refractivity contribution in [1.29, 1.82) is 5.26 Å². The van der Waals surface area contributed by atoms with E-state index in [1.165, 1.54) is 41.1 Å². The number of ether oxygens (including phenoxy) is 1. The number of carbonyl (C=O) groups is 1. The molecule has 2 heterocycles. The van der Waals surface area contributed by atoms with Gasteiger partial charge in [-0.05, 0) is 85.2 Å². The third-order valence-corrected chi connectivity index (χ3v) is 12.4. The molecule has 0 aliphatic carbocycles. The number of nitrogens with one attached hydrogen (secondary N) is 2. The van der Waals surface area contributed by atoms with Gasteiger partial charge in [0.2, 0.25) is 0 Å². The van der Waals surface area contributed by atoms with Crippen LogP contribution in [0, 0.1) is 23.2 Å². The summed E-state index contributed by atoms with van der Waals surface area (Å²) in [4.78, 5) is 17.0. The Balaban J connectivity index is 0.000000368. The van der Waals surface area contributed by atoms with Crippen molar-refractivity contribution < 1.29 is 35.1 Å². The van der Waals surface area contributed by atoms with Gasteiger partial charge < -0.3 is 10.1 Å². The van der Waals surface area contributed by atoms with Crippen LogP contribution in [0.15, 0.2) is 46.5 Å². The van der Waals surface area contributed by atoms with E-state index < -0.39 is 31.9 Å². The molecule has 0 spiro atoms. The zero-order valence-electron chi connectivity index (χ0n) is 39.7. The molecule has 0 atom stereocenters. The number of halogens is 2. The SMILES string of the molecule is CC(C)c1cc(F)cc(C(C)C)c1OC#N.CCN(CC)Cc1cc(S(=O)(=O)NC(=O)Nc2c(C(C)C)cc(F)cc2C(C)C)nn1C.CCN(CC)Cc1cc(S(N)(=O)=O)nn1C. The van der Waals surface area contributed by atoms with Crippen molar-refractivity contribution in [3.63, 3.8) is 0 Å². The number of primary sulfonamides is 1. The van der Waals surface area contributed by atoms with Crippen LogP contribution < -0.4 is 19.9 Å². The van der Waals surface area contributed by atoms with Crippen LogP contribution in [0.4, 0.5) is 19.3 Å². The number of urea groups is 1. The van der Waals surface area contributed by atoms with E-state index >= 15 is 0 Å². The van der Waals surface area contributed by atoms with Gasteiger partial charge in [-0.2, -0.15) is 18.6 Å². The molecule has 16 nitrogen and oxygen atoms in total. The van der Waals surface area contributed by atoms with Gasteiger partial charge in [0.25, 0.3) is 26.3 Å². The van der Waals surface area contributed by atoms with Crippen molar-refractivity contribution in [2.24, 2.45) is 19.2 Å². The first-order valence-electron chi connectivity index (χ1n) is 21.3. The highest BCUT2D eigenvalue weighted by Crippen LogP contribution is 2.36. The Hall–Kier alpha value is -4.94. The predicted octanol–water partition coefficient (Wildman–Crippen LogP) is 8.00. The van der Waals surface area contributed by atoms with Gasteiger partial charge in [0, 0.05) is 56.1 Å². The highest BCUT2D eigenvalue weighted by molar-refractivity contribution is 7.90. The first-order chi connectivity index (χ1) is 29.7. The Kier molecular flexibility index (Phi) is 21.0. The van der Waals surface area contributed by atoms with E-state index in [2.05, 4.69) is 39.2 Å². The second-order valence-electron chi connectivity index (χ2n) is 16.4. The third kappa shape index (κ3) is 15.6. The van der Waals surface area contributed by atoms with Crippen LogP contribution in [0.25, 0.3) is 0 Å². The third-order valence-electron chi connectivity index (χ3n) is 10.4. The summed E-state index contributed by atoms with van der Waals surface area (Å²) in [7, 11) is -4.51. The van der Waals surface area contributed by atoms with Crippen LogP contribution in [0.2, 0.25) is 0 Å². The van der Waals surface area contributed by atoms with Crippen molar-refractivity contribution in [3.05, 3.63) is 81.7 Å². The smallest absolute Gasteiger partial charge is 0.333 e. The van der Waals surface area contributed by atoms with Gasteiger partial charge in [0.1, 0.15) is 17.4 Å². The first-order valence-corrected chi connectivity index (χ1v) is 24.4. The van der Waals surface area contributed by atoms with Crippen molar-refractivity contribution in [2.75, 3.05) is 31.5 Å². The Labute approximate surface area is 379 Å². The second-order valence-corrected chi connectivity index (χ2v) is 19.5. The molecule has 4 aromatic rings. The van der Waals surface area contributed by atoms with Crippen LogP contribution in [-0.4, -0.2) is 78.4 Å². The lowest BCUT2D eigenvalue weighted by Gasteiger charge is -2.20. The molecular weight excluding hydrogens is 867 g/mol. The standard InChI is InChI=1S/C22H34FN5O3S.C13H16FNO.C9H18N4O2S/c1-8-28(9-2)13-17-12-20(25-27(17)7)32(30,31)26-22(29)24-21-18(14(3)4)10-16(23)11-19(21)15(5)6;1-8(2)11-5-10(14)6-12(9(3)4)13(11)16-7-15;1-4-13(5-2)7-8-6-9(11-12(8)3)16(10,14)15/h10-12,14-15H,8-9,13H2,1-7H3,(H2,24,26,29);5-6,8-9H,1-4H3;6H,4-5,7H2,1-3H3,(H2,10,14,15). The van der Waals surface area contributed by atoms with Gasteiger partial charge in [-0.25, -0.2) is 31.9 Å². The summed E-state index contributed by atoms with van der Waals surface area (Å²) >= 11 is 0. The molecular formula is C44H68F2N10O6S2. The number of aromatic nitrogens is 4. The summed E-state index contributed by atoms with van der Waals surface area (Å²) in [5.74, 6) is -0.0769. The number of hydrogen-bond acceptors (Lipinski definition) is 11. The van der Waals surface area contributed by atoms with Crippen molar-refractivity contribution in [2.45, 2.75) is 130 Å². The molecule has 2 aromatic carbocycles. The lowest BCUT2D eigenvalue weighted by atomic mass is 9.92. The number of hydrogen-bond donors (Lipinski definition) is 3. The Bertz CT molecular complexity index is 2380. The van der Waals surface area contributed by atoms with Crippen LogP contribution in [0.5, 0.6) is 5.75 Å². The number of rotatable bonds is 17. The van der Waals surface area contributed by atoms with E-state index in [0.29, 0.717) is 35.7 Å². The molecule has 0 bridgehead atoms. The molecule has 0 fully saturated rings. The number of anilines is 1. The fourth-order valence-electron chi connectivity index (χ4n) is 6.55. The Morgan fingerprint density at radius 2 is 1.06 bits per heavy atom. The fraction of sp³-hybridized carbons (Fsp3) is 0.545. The minimum absolute atomic E-state index is 0.0721. The van der Waals surface area contributed by atoms with Gasteiger partial charge >= 0.3 is 6.03 Å². The van der Waals surface area contributed by atoms with E-state index in [4.69, 9.17) is 15.1 Å². The van der Waals surface area contributed by atoms with Crippen molar-refractivity contribution in [3.8, 4) is 12.0 Å². The summed E-state index contributed by atoms with van der Waals surface area (Å²) < 4.78 is 85.4. The summed E-state index contributed by atoms with van der Waals surface area (Å²) in [5.41, 5.74) is 4.66. The summed E-state index contributed by atoms with van der Waals surface area (Å²) in [6.07, 6.45) is 1.67. The number of aryl methyl sites for hydroxylation is 2. The zero-order chi connectivity index (χ0) is 48.9. The summed E-state index contributed by atoms with van der Waals surface area (Å²) in [6, 6.07) is 7.65. The van der Waals surface area contributed by atoms with E-state index in [-0.39, 0.29) is 39.5 Å². The molecule has 4 N–H and O–H groups in total. The number of benzene rings is 2. The van der Waals surface area contributed by atoms with E-state index in [0.717, 1.165) is 48.7 Å². The molecule has 0 radical (unpaired) electrons. The average Bonchev–Trinajstić information content (AvgIpc) is 3.78. The first kappa shape index (κ1) is 55.2. The minimum Gasteiger partial charge on any atom is -0.387 e. The number of sulfonamides is 2. The lowest BCUT2D eigenvalue weighted by molar-refractivity contribution is 0.256. The molecule has 356 valence electrons. The molecule has 0 saturated heterocycles. The maximum Gasteiger partial charge on any atom is 0.333 e. The van der Waals surface area contributed by atoms with Gasteiger partial charge in [0.05, 0.1) is 11.4 Å². The van der Waals surface area contributed by atoms with Crippen molar-refractivity contribution in [1.82, 2.24) is 34.1 Å². The predicted molar refractivity (Wildman–Crippen MR) is 246 cm³/mol. The molecule has 0 saturated carbocycles. The van der Waals surface area contributed by atoms with E-state index in [9.17, 15) is 30.4 Å². The van der Waals surface area contributed by atoms with Gasteiger partial charge in [0.15, 0.2) is 10.1 Å². The van der Waals surface area contributed by atoms with Crippen LogP contribution in [0.1, 0.15) is 140 Å². The number of nitrogens with two attached hydrogens (primary N) is 1. The molecule has 0 aliphatic heterocycles. The average molecular weight is 935 g/mol. The van der Waals surface area contributed by atoms with Crippen molar-refractivity contribution >= 4 is 31.8 Å². The van der Waals surface area contributed by atoms with E-state index in [1.807, 2.05) is 74.0 Å². The molecule has 2 aromatic heterocycles. The van der Waals surface area contributed by atoms with Crippen LogP contribution >= 0.6 is 0 Å². The summed E-state index contributed by atoms with van der Waals surface area (Å²) in [5, 5.41) is 23.9. The number of amides is 2. The zero-order valence-corrected chi connectivity index (χ0v) is 41.4. The number of nitrogens with zero attached hydrogens (tertiary/aromatic N) is 7. The number of nitriles is 1. The normalized spacial score (nSPS) is 11.8. The van der Waals surface area contributed by atoms with Gasteiger partial charge in [-0.1, -0.05) is 83.1 Å². The molecule has 0 unspecified atom stereocenters. The Morgan fingerprint density at radius 1 is 0.703 bits per heavy atom. The van der Waals surface area contributed by atoms with Gasteiger partial charge in [-0.3, -0.25) is 19.2 Å². The maximum atomic E-state index is 14.1. The Morgan fingerprint density at radius 3 is 1.39 bits per heavy atom. The largest absolute Gasteiger partial charge is 0.387 e. The fourth-order valence-corrected chi connectivity index (χ4v) is 8.01. The van der Waals surface area contributed by atoms with E-state index in [1.54, 1.807) is 25.0 Å². The molecule has 2 amide bonds. The highest BCUT2D eigenvalue weighted by atomic mass is 32.2. The van der Waals surface area contributed by atoms with Crippen LogP contribution in [-0.2, 0) is 47.2 Å².